The van der Waals surface area contributed by atoms with Crippen molar-refractivity contribution in [2.24, 2.45) is 0 Å². The lowest BCUT2D eigenvalue weighted by molar-refractivity contribution is -0.0858. The molecule has 2 unspecified atom stereocenters. The molecule has 1 aromatic heterocycles. The third kappa shape index (κ3) is 2.33. The second-order valence-corrected chi connectivity index (χ2v) is 5.92. The summed E-state index contributed by atoms with van der Waals surface area (Å²) in [7, 11) is 0. The van der Waals surface area contributed by atoms with Gasteiger partial charge in [0.2, 0.25) is 0 Å². The van der Waals surface area contributed by atoms with Gasteiger partial charge in [-0.2, -0.15) is 0 Å². The van der Waals surface area contributed by atoms with Gasteiger partial charge in [0.05, 0.1) is 29.6 Å². The fourth-order valence-electron chi connectivity index (χ4n) is 3.39. The summed E-state index contributed by atoms with van der Waals surface area (Å²) in [5.74, 6) is 0. The van der Waals surface area contributed by atoms with Crippen LogP contribution in [0.2, 0.25) is 0 Å². The van der Waals surface area contributed by atoms with Crippen LogP contribution in [-0.4, -0.2) is 22.3 Å². The summed E-state index contributed by atoms with van der Waals surface area (Å²) < 4.78 is 12.3. The molecule has 19 heavy (non-hydrogen) atoms. The molecule has 2 aliphatic rings. The van der Waals surface area contributed by atoms with E-state index in [0.717, 1.165) is 31.4 Å². The Hall–Kier alpha value is -1.19. The van der Waals surface area contributed by atoms with Gasteiger partial charge in [-0.15, -0.1) is 6.58 Å². The molecular formula is C16H21NO2. The van der Waals surface area contributed by atoms with Gasteiger partial charge in [-0.1, -0.05) is 12.1 Å². The predicted molar refractivity (Wildman–Crippen MR) is 73.7 cm³/mol. The SMILES string of the molecule is C=CCC12CCC(C)(O1)[C@H](OCc1ccccn1)C2. The summed E-state index contributed by atoms with van der Waals surface area (Å²) in [6.45, 7) is 6.58. The van der Waals surface area contributed by atoms with Crippen molar-refractivity contribution >= 4 is 0 Å². The molecule has 102 valence electrons. The van der Waals surface area contributed by atoms with Crippen LogP contribution in [0.5, 0.6) is 0 Å². The summed E-state index contributed by atoms with van der Waals surface area (Å²) in [5, 5.41) is 0. The second-order valence-electron chi connectivity index (χ2n) is 5.92. The normalized spacial score (nSPS) is 36.6. The Kier molecular flexibility index (Phi) is 3.19. The molecule has 3 rings (SSSR count). The van der Waals surface area contributed by atoms with Crippen LogP contribution in [-0.2, 0) is 16.1 Å². The molecule has 2 saturated heterocycles. The van der Waals surface area contributed by atoms with Gasteiger partial charge in [0.15, 0.2) is 0 Å². The van der Waals surface area contributed by atoms with E-state index in [1.165, 1.54) is 0 Å². The fraction of sp³-hybridized carbons (Fsp3) is 0.562. The first-order valence-electron chi connectivity index (χ1n) is 6.98. The van der Waals surface area contributed by atoms with E-state index in [1.807, 2.05) is 24.3 Å². The van der Waals surface area contributed by atoms with Gasteiger partial charge in [-0.3, -0.25) is 4.98 Å². The van der Waals surface area contributed by atoms with Crippen LogP contribution in [0, 0.1) is 0 Å². The summed E-state index contributed by atoms with van der Waals surface area (Å²) >= 11 is 0. The predicted octanol–water partition coefficient (Wildman–Crippen LogP) is 3.25. The molecule has 3 heterocycles. The van der Waals surface area contributed by atoms with Crippen LogP contribution in [0.4, 0.5) is 0 Å². The first-order chi connectivity index (χ1) is 9.16. The molecule has 2 bridgehead atoms. The Morgan fingerprint density at radius 3 is 3.16 bits per heavy atom. The van der Waals surface area contributed by atoms with E-state index in [9.17, 15) is 0 Å². The van der Waals surface area contributed by atoms with Gasteiger partial charge in [-0.25, -0.2) is 0 Å². The zero-order chi connectivity index (χ0) is 13.3. The van der Waals surface area contributed by atoms with E-state index in [0.29, 0.717) is 6.61 Å². The largest absolute Gasteiger partial charge is 0.369 e. The summed E-state index contributed by atoms with van der Waals surface area (Å²) in [6.07, 6.45) is 8.04. The second kappa shape index (κ2) is 4.73. The number of hydrogen-bond acceptors (Lipinski definition) is 3. The zero-order valence-corrected chi connectivity index (χ0v) is 11.5. The molecule has 3 heteroatoms. The summed E-state index contributed by atoms with van der Waals surface area (Å²) in [6, 6.07) is 5.91. The van der Waals surface area contributed by atoms with E-state index in [1.54, 1.807) is 6.20 Å². The number of hydrogen-bond donors (Lipinski definition) is 0. The van der Waals surface area contributed by atoms with Crippen molar-refractivity contribution in [1.82, 2.24) is 4.98 Å². The van der Waals surface area contributed by atoms with Gasteiger partial charge in [0, 0.05) is 12.6 Å². The van der Waals surface area contributed by atoms with Crippen LogP contribution in [0.3, 0.4) is 0 Å². The molecule has 3 nitrogen and oxygen atoms in total. The van der Waals surface area contributed by atoms with Crippen molar-refractivity contribution in [2.75, 3.05) is 0 Å². The van der Waals surface area contributed by atoms with E-state index in [2.05, 4.69) is 18.5 Å². The van der Waals surface area contributed by atoms with Crippen molar-refractivity contribution in [2.45, 2.75) is 56.5 Å². The van der Waals surface area contributed by atoms with E-state index >= 15 is 0 Å². The van der Waals surface area contributed by atoms with Gasteiger partial charge < -0.3 is 9.47 Å². The highest BCUT2D eigenvalue weighted by Gasteiger charge is 2.58. The van der Waals surface area contributed by atoms with Crippen LogP contribution in [0.25, 0.3) is 0 Å². The minimum atomic E-state index is -0.127. The maximum atomic E-state index is 6.27. The number of rotatable bonds is 5. The number of nitrogens with zero attached hydrogens (tertiary/aromatic N) is 1. The van der Waals surface area contributed by atoms with E-state index < -0.39 is 0 Å². The van der Waals surface area contributed by atoms with Crippen LogP contribution < -0.4 is 0 Å². The average molecular weight is 259 g/mol. The number of pyridine rings is 1. The Bertz CT molecular complexity index is 461. The van der Waals surface area contributed by atoms with E-state index in [-0.39, 0.29) is 17.3 Å². The standard InChI is InChI=1S/C16H21NO2/c1-3-7-16-9-8-15(2,19-16)14(11-16)18-12-13-6-4-5-10-17-13/h3-6,10,14H,1,7-9,11-12H2,2H3/t14-,15?,16?/m1/s1. The molecule has 0 N–H and O–H groups in total. The lowest BCUT2D eigenvalue weighted by Crippen LogP contribution is -2.37. The smallest absolute Gasteiger partial charge is 0.0925 e. The highest BCUT2D eigenvalue weighted by Crippen LogP contribution is 2.53. The van der Waals surface area contributed by atoms with Gasteiger partial charge in [0.25, 0.3) is 0 Å². The third-order valence-corrected chi connectivity index (χ3v) is 4.44. The van der Waals surface area contributed by atoms with Gasteiger partial charge in [0.1, 0.15) is 0 Å². The van der Waals surface area contributed by atoms with Crippen molar-refractivity contribution in [3.8, 4) is 0 Å². The van der Waals surface area contributed by atoms with Crippen molar-refractivity contribution in [1.29, 1.82) is 0 Å². The zero-order valence-electron chi connectivity index (χ0n) is 11.5. The van der Waals surface area contributed by atoms with Gasteiger partial charge in [-0.05, 0) is 38.3 Å². The monoisotopic (exact) mass is 259 g/mol. The average Bonchev–Trinajstić information content (AvgIpc) is 2.88. The van der Waals surface area contributed by atoms with Gasteiger partial charge >= 0.3 is 0 Å². The highest BCUT2D eigenvalue weighted by atomic mass is 16.6. The maximum Gasteiger partial charge on any atom is 0.0925 e. The molecule has 0 aromatic carbocycles. The third-order valence-electron chi connectivity index (χ3n) is 4.44. The topological polar surface area (TPSA) is 31.4 Å². The van der Waals surface area contributed by atoms with Crippen LogP contribution in [0.1, 0.15) is 38.3 Å². The molecule has 0 spiro atoms. The molecule has 0 amide bonds. The maximum absolute atomic E-state index is 6.27. The molecule has 1 aromatic rings. The first kappa shape index (κ1) is 12.8. The molecule has 0 saturated carbocycles. The number of ether oxygens (including phenoxy) is 2. The van der Waals surface area contributed by atoms with E-state index in [4.69, 9.17) is 9.47 Å². The Labute approximate surface area is 114 Å². The quantitative estimate of drug-likeness (QED) is 0.761. The molecular weight excluding hydrogens is 238 g/mol. The minimum absolute atomic E-state index is 0.0225. The lowest BCUT2D eigenvalue weighted by atomic mass is 9.79. The van der Waals surface area contributed by atoms with Crippen LogP contribution >= 0.6 is 0 Å². The molecule has 0 radical (unpaired) electrons. The summed E-state index contributed by atoms with van der Waals surface area (Å²) in [4.78, 5) is 4.30. The van der Waals surface area contributed by atoms with Crippen LogP contribution in [0.15, 0.2) is 37.1 Å². The highest BCUT2D eigenvalue weighted by molar-refractivity contribution is 5.11. The molecule has 0 aliphatic carbocycles. The first-order valence-corrected chi connectivity index (χ1v) is 6.98. The minimum Gasteiger partial charge on any atom is -0.369 e. The molecule has 2 aliphatic heterocycles. The molecule has 2 fully saturated rings. The Morgan fingerprint density at radius 2 is 2.42 bits per heavy atom. The summed E-state index contributed by atoms with van der Waals surface area (Å²) in [5.41, 5.74) is 0.829. The van der Waals surface area contributed by atoms with Crippen molar-refractivity contribution in [3.05, 3.63) is 42.7 Å². The van der Waals surface area contributed by atoms with Crippen molar-refractivity contribution < 1.29 is 9.47 Å². The van der Waals surface area contributed by atoms with Crippen molar-refractivity contribution in [3.63, 3.8) is 0 Å². The Morgan fingerprint density at radius 1 is 1.53 bits per heavy atom. The fourth-order valence-corrected chi connectivity index (χ4v) is 3.39. The number of fused-ring (bicyclic) bond motifs is 2. The lowest BCUT2D eigenvalue weighted by Gasteiger charge is -2.29. The Balaban J connectivity index is 1.65. The molecule has 3 atom stereocenters. The number of aromatic nitrogens is 1.